The predicted octanol–water partition coefficient (Wildman–Crippen LogP) is 1.91. The van der Waals surface area contributed by atoms with Crippen molar-refractivity contribution < 1.29 is 9.84 Å². The summed E-state index contributed by atoms with van der Waals surface area (Å²) in [5, 5.41) is 8.57. The van der Waals surface area contributed by atoms with Crippen LogP contribution in [0.5, 0.6) is 5.75 Å². The molecule has 4 heteroatoms. The fourth-order valence-corrected chi connectivity index (χ4v) is 1.19. The zero-order valence-corrected chi connectivity index (χ0v) is 9.04. The Balaban J connectivity index is 2.59. The number of aliphatic hydroxyl groups excluding tert-OH is 1. The van der Waals surface area contributed by atoms with Gasteiger partial charge in [-0.2, -0.15) is 0 Å². The number of rotatable bonds is 4. The molecule has 0 atom stereocenters. The van der Waals surface area contributed by atoms with E-state index in [1.807, 2.05) is 13.0 Å². The highest BCUT2D eigenvalue weighted by Crippen LogP contribution is 2.20. The Morgan fingerprint density at radius 3 is 3.08 bits per heavy atom. The van der Waals surface area contributed by atoms with Gasteiger partial charge >= 0.3 is 0 Å². The lowest BCUT2D eigenvalue weighted by molar-refractivity contribution is 0.232. The molecule has 0 saturated carbocycles. The molecule has 0 amide bonds. The monoisotopic (exact) mass is 245 g/mol. The molecule has 0 spiro atoms. The summed E-state index contributed by atoms with van der Waals surface area (Å²) in [6.07, 6.45) is 2.40. The second kappa shape index (κ2) is 5.19. The maximum atomic E-state index is 8.57. The second-order valence-corrected chi connectivity index (χ2v) is 3.51. The van der Waals surface area contributed by atoms with Gasteiger partial charge in [0.2, 0.25) is 0 Å². The van der Waals surface area contributed by atoms with Crippen molar-refractivity contribution in [1.29, 1.82) is 0 Å². The maximum Gasteiger partial charge on any atom is 0.126 e. The van der Waals surface area contributed by atoms with Crippen LogP contribution >= 0.6 is 15.9 Å². The minimum absolute atomic E-state index is 0.158. The number of aromatic nitrogens is 1. The molecule has 1 aromatic rings. The zero-order chi connectivity index (χ0) is 9.68. The van der Waals surface area contributed by atoms with Crippen molar-refractivity contribution in [1.82, 2.24) is 4.98 Å². The van der Waals surface area contributed by atoms with E-state index >= 15 is 0 Å². The van der Waals surface area contributed by atoms with E-state index in [9.17, 15) is 0 Å². The van der Waals surface area contributed by atoms with Crippen molar-refractivity contribution in [3.05, 3.63) is 22.4 Å². The van der Waals surface area contributed by atoms with Gasteiger partial charge in [0.1, 0.15) is 10.4 Å². The Labute approximate surface area is 85.9 Å². The number of aryl methyl sites for hydroxylation is 1. The van der Waals surface area contributed by atoms with Gasteiger partial charge < -0.3 is 9.84 Å². The molecule has 3 nitrogen and oxygen atoms in total. The number of aliphatic hydroxyl groups is 1. The van der Waals surface area contributed by atoms with Crippen LogP contribution in [-0.4, -0.2) is 23.3 Å². The van der Waals surface area contributed by atoms with Gasteiger partial charge in [-0.3, -0.25) is 0 Å². The molecule has 0 saturated heterocycles. The van der Waals surface area contributed by atoms with Crippen molar-refractivity contribution in [3.63, 3.8) is 0 Å². The molecule has 1 heterocycles. The van der Waals surface area contributed by atoms with E-state index in [4.69, 9.17) is 9.84 Å². The second-order valence-electron chi connectivity index (χ2n) is 2.70. The van der Waals surface area contributed by atoms with Gasteiger partial charge in [0, 0.05) is 30.9 Å². The number of pyridine rings is 1. The van der Waals surface area contributed by atoms with Gasteiger partial charge in [0.25, 0.3) is 0 Å². The molecule has 0 bridgehead atoms. The standard InChI is InChI=1S/C9H12BrNO2/c1-7-6-11-9(10)5-8(7)13-4-2-3-12/h5-6,12H,2-4H2,1H3. The predicted molar refractivity (Wildman–Crippen MR) is 53.9 cm³/mol. The largest absolute Gasteiger partial charge is 0.493 e. The normalized spacial score (nSPS) is 10.1. The van der Waals surface area contributed by atoms with Crippen LogP contribution in [0.2, 0.25) is 0 Å². The fourth-order valence-electron chi connectivity index (χ4n) is 0.884. The molecule has 0 unspecified atom stereocenters. The topological polar surface area (TPSA) is 42.4 Å². The summed E-state index contributed by atoms with van der Waals surface area (Å²) in [6.45, 7) is 2.63. The number of hydrogen-bond donors (Lipinski definition) is 1. The van der Waals surface area contributed by atoms with Gasteiger partial charge in [-0.1, -0.05) is 0 Å². The van der Waals surface area contributed by atoms with Crippen molar-refractivity contribution in [2.45, 2.75) is 13.3 Å². The first-order chi connectivity index (χ1) is 6.24. The smallest absolute Gasteiger partial charge is 0.126 e. The number of halogens is 1. The molecule has 0 fully saturated rings. The van der Waals surface area contributed by atoms with Crippen LogP contribution in [0.4, 0.5) is 0 Å². The highest BCUT2D eigenvalue weighted by atomic mass is 79.9. The Morgan fingerprint density at radius 1 is 1.62 bits per heavy atom. The SMILES string of the molecule is Cc1cnc(Br)cc1OCCCO. The highest BCUT2D eigenvalue weighted by molar-refractivity contribution is 9.10. The molecule has 0 aliphatic heterocycles. The number of nitrogens with zero attached hydrogens (tertiary/aromatic N) is 1. The third kappa shape index (κ3) is 3.32. The van der Waals surface area contributed by atoms with Crippen molar-refractivity contribution >= 4 is 15.9 Å². The maximum absolute atomic E-state index is 8.57. The van der Waals surface area contributed by atoms with E-state index in [0.29, 0.717) is 13.0 Å². The summed E-state index contributed by atoms with van der Waals surface area (Å²) in [5.74, 6) is 0.815. The van der Waals surface area contributed by atoms with Gasteiger partial charge in [0.15, 0.2) is 0 Å². The van der Waals surface area contributed by atoms with E-state index < -0.39 is 0 Å². The van der Waals surface area contributed by atoms with E-state index in [1.54, 1.807) is 6.20 Å². The Bertz CT molecular complexity index is 278. The number of ether oxygens (including phenoxy) is 1. The van der Waals surface area contributed by atoms with Gasteiger partial charge in [0.05, 0.1) is 6.61 Å². The first-order valence-corrected chi connectivity index (χ1v) is 4.89. The quantitative estimate of drug-likeness (QED) is 0.651. The Kier molecular flexibility index (Phi) is 4.18. The summed E-state index contributed by atoms with van der Waals surface area (Å²) in [7, 11) is 0. The highest BCUT2D eigenvalue weighted by Gasteiger charge is 2.00. The first-order valence-electron chi connectivity index (χ1n) is 4.10. The molecule has 1 aromatic heterocycles. The average Bonchev–Trinajstić information content (AvgIpc) is 2.11. The third-order valence-electron chi connectivity index (χ3n) is 1.58. The van der Waals surface area contributed by atoms with E-state index in [2.05, 4.69) is 20.9 Å². The molecule has 72 valence electrons. The molecular formula is C9H12BrNO2. The van der Waals surface area contributed by atoms with Crippen molar-refractivity contribution in [3.8, 4) is 5.75 Å². The minimum Gasteiger partial charge on any atom is -0.493 e. The van der Waals surface area contributed by atoms with Gasteiger partial charge in [-0.15, -0.1) is 0 Å². The fraction of sp³-hybridized carbons (Fsp3) is 0.444. The molecule has 13 heavy (non-hydrogen) atoms. The third-order valence-corrected chi connectivity index (χ3v) is 2.01. The van der Waals surface area contributed by atoms with Crippen molar-refractivity contribution in [2.75, 3.05) is 13.2 Å². The molecule has 1 N–H and O–H groups in total. The molecule has 0 aliphatic rings. The van der Waals surface area contributed by atoms with Crippen LogP contribution in [0.1, 0.15) is 12.0 Å². The van der Waals surface area contributed by atoms with Gasteiger partial charge in [-0.05, 0) is 22.9 Å². The Morgan fingerprint density at radius 2 is 2.38 bits per heavy atom. The lowest BCUT2D eigenvalue weighted by atomic mass is 10.3. The lowest BCUT2D eigenvalue weighted by Crippen LogP contribution is -2.01. The summed E-state index contributed by atoms with van der Waals surface area (Å²) >= 11 is 3.26. The van der Waals surface area contributed by atoms with Gasteiger partial charge in [-0.25, -0.2) is 4.98 Å². The zero-order valence-electron chi connectivity index (χ0n) is 7.46. The molecule has 0 radical (unpaired) electrons. The summed E-state index contributed by atoms with van der Waals surface area (Å²) in [6, 6.07) is 1.83. The van der Waals surface area contributed by atoms with Crippen LogP contribution in [0.3, 0.4) is 0 Å². The minimum atomic E-state index is 0.158. The van der Waals surface area contributed by atoms with Crippen LogP contribution in [0, 0.1) is 6.92 Å². The first kappa shape index (κ1) is 10.5. The molecule has 0 aromatic carbocycles. The molecular weight excluding hydrogens is 234 g/mol. The van der Waals surface area contributed by atoms with Crippen LogP contribution < -0.4 is 4.74 Å². The van der Waals surface area contributed by atoms with Crippen LogP contribution in [-0.2, 0) is 0 Å². The van der Waals surface area contributed by atoms with Crippen molar-refractivity contribution in [2.24, 2.45) is 0 Å². The van der Waals surface area contributed by atoms with E-state index in [0.717, 1.165) is 15.9 Å². The lowest BCUT2D eigenvalue weighted by Gasteiger charge is -2.07. The molecule has 0 aliphatic carbocycles. The molecule has 1 rings (SSSR count). The summed E-state index contributed by atoms with van der Waals surface area (Å²) in [5.41, 5.74) is 1.00. The van der Waals surface area contributed by atoms with E-state index in [1.165, 1.54) is 0 Å². The van der Waals surface area contributed by atoms with Crippen LogP contribution in [0.15, 0.2) is 16.9 Å². The van der Waals surface area contributed by atoms with E-state index in [-0.39, 0.29) is 6.61 Å². The van der Waals surface area contributed by atoms with Crippen LogP contribution in [0.25, 0.3) is 0 Å². The number of hydrogen-bond acceptors (Lipinski definition) is 3. The average molecular weight is 246 g/mol. The summed E-state index contributed by atoms with van der Waals surface area (Å²) in [4.78, 5) is 4.05. The Hall–Kier alpha value is -0.610. The summed E-state index contributed by atoms with van der Waals surface area (Å²) < 4.78 is 6.19.